The fraction of sp³-hybridized carbons (Fsp3) is 1.00. The van der Waals surface area contributed by atoms with Gasteiger partial charge in [0.2, 0.25) is 0 Å². The molecular weight excluding hydrogens is 226 g/mol. The van der Waals surface area contributed by atoms with Gasteiger partial charge in [0, 0.05) is 13.7 Å². The maximum atomic E-state index is 5.90. The van der Waals surface area contributed by atoms with E-state index in [1.165, 1.54) is 25.7 Å². The van der Waals surface area contributed by atoms with Gasteiger partial charge in [0.1, 0.15) is 0 Å². The highest BCUT2D eigenvalue weighted by molar-refractivity contribution is 4.73. The quantitative estimate of drug-likeness (QED) is 0.711. The van der Waals surface area contributed by atoms with Crippen molar-refractivity contribution in [1.82, 2.24) is 5.32 Å². The van der Waals surface area contributed by atoms with E-state index in [0.29, 0.717) is 17.6 Å². The molecule has 1 saturated carbocycles. The van der Waals surface area contributed by atoms with Crippen LogP contribution >= 0.6 is 0 Å². The van der Waals surface area contributed by atoms with Crippen LogP contribution in [0.1, 0.15) is 52.9 Å². The van der Waals surface area contributed by atoms with Crippen LogP contribution in [0.3, 0.4) is 0 Å². The van der Waals surface area contributed by atoms with Crippen LogP contribution in [-0.2, 0) is 9.47 Å². The predicted molar refractivity (Wildman–Crippen MR) is 75.9 cm³/mol. The van der Waals surface area contributed by atoms with Gasteiger partial charge in [-0.1, -0.05) is 20.8 Å². The first-order chi connectivity index (χ1) is 8.51. The van der Waals surface area contributed by atoms with Gasteiger partial charge in [-0.3, -0.25) is 0 Å². The third-order valence-corrected chi connectivity index (χ3v) is 3.60. The Morgan fingerprint density at radius 3 is 2.50 bits per heavy atom. The summed E-state index contributed by atoms with van der Waals surface area (Å²) in [6, 6.07) is 0. The fourth-order valence-corrected chi connectivity index (χ4v) is 2.35. The Hall–Kier alpha value is -0.120. The van der Waals surface area contributed by atoms with E-state index < -0.39 is 0 Å². The molecule has 1 aliphatic carbocycles. The average Bonchev–Trinajstić information content (AvgIpc) is 2.32. The van der Waals surface area contributed by atoms with Crippen LogP contribution < -0.4 is 5.32 Å². The topological polar surface area (TPSA) is 30.5 Å². The summed E-state index contributed by atoms with van der Waals surface area (Å²) in [6.07, 6.45) is 6.73. The molecule has 0 amide bonds. The first kappa shape index (κ1) is 15.9. The third-order valence-electron chi connectivity index (χ3n) is 3.60. The van der Waals surface area contributed by atoms with E-state index in [1.807, 2.05) is 0 Å². The number of ether oxygens (including phenoxy) is 2. The zero-order valence-corrected chi connectivity index (χ0v) is 12.6. The second-order valence-corrected chi connectivity index (χ2v) is 6.58. The van der Waals surface area contributed by atoms with Gasteiger partial charge in [-0.2, -0.15) is 0 Å². The lowest BCUT2D eigenvalue weighted by atomic mass is 9.92. The molecule has 0 radical (unpaired) electrons. The van der Waals surface area contributed by atoms with Crippen molar-refractivity contribution in [2.45, 2.75) is 65.1 Å². The van der Waals surface area contributed by atoms with E-state index in [9.17, 15) is 0 Å². The Bertz CT molecular complexity index is 213. The average molecular weight is 257 g/mol. The molecule has 3 nitrogen and oxygen atoms in total. The zero-order valence-electron chi connectivity index (χ0n) is 12.6. The van der Waals surface area contributed by atoms with E-state index in [0.717, 1.165) is 26.1 Å². The minimum Gasteiger partial charge on any atom is -0.381 e. The Morgan fingerprint density at radius 2 is 1.83 bits per heavy atom. The lowest BCUT2D eigenvalue weighted by Crippen LogP contribution is -2.30. The van der Waals surface area contributed by atoms with Crippen LogP contribution in [0.4, 0.5) is 0 Å². The Labute approximate surface area is 113 Å². The molecule has 0 heterocycles. The molecule has 18 heavy (non-hydrogen) atoms. The first-order valence-electron chi connectivity index (χ1n) is 7.36. The van der Waals surface area contributed by atoms with E-state index in [2.05, 4.69) is 26.1 Å². The predicted octanol–water partition coefficient (Wildman–Crippen LogP) is 2.99. The number of hydrogen-bond acceptors (Lipinski definition) is 3. The summed E-state index contributed by atoms with van der Waals surface area (Å²) in [6.45, 7) is 9.70. The molecule has 0 aromatic rings. The van der Waals surface area contributed by atoms with Gasteiger partial charge in [0.05, 0.1) is 18.8 Å². The maximum absolute atomic E-state index is 5.90. The van der Waals surface area contributed by atoms with Gasteiger partial charge in [-0.25, -0.2) is 0 Å². The summed E-state index contributed by atoms with van der Waals surface area (Å²) in [5.41, 5.74) is 0.420. The fourth-order valence-electron chi connectivity index (χ4n) is 2.35. The van der Waals surface area contributed by atoms with Crippen molar-refractivity contribution in [2.24, 2.45) is 5.41 Å². The number of hydrogen-bond donors (Lipinski definition) is 1. The second-order valence-electron chi connectivity index (χ2n) is 6.58. The summed E-state index contributed by atoms with van der Waals surface area (Å²) in [5, 5.41) is 3.45. The van der Waals surface area contributed by atoms with Crippen molar-refractivity contribution in [3.8, 4) is 0 Å². The molecule has 1 N–H and O–H groups in total. The van der Waals surface area contributed by atoms with Crippen LogP contribution in [0.2, 0.25) is 0 Å². The third kappa shape index (κ3) is 7.34. The van der Waals surface area contributed by atoms with Crippen molar-refractivity contribution < 1.29 is 9.47 Å². The molecule has 3 heteroatoms. The molecule has 2 atom stereocenters. The van der Waals surface area contributed by atoms with Crippen molar-refractivity contribution >= 4 is 0 Å². The van der Waals surface area contributed by atoms with Gasteiger partial charge in [0.25, 0.3) is 0 Å². The molecule has 1 rings (SSSR count). The minimum atomic E-state index is 0.410. The summed E-state index contributed by atoms with van der Waals surface area (Å²) in [7, 11) is 1.81. The summed E-state index contributed by atoms with van der Waals surface area (Å²) in [5.74, 6) is 0. The lowest BCUT2D eigenvalue weighted by Gasteiger charge is -2.28. The van der Waals surface area contributed by atoms with E-state index >= 15 is 0 Å². The van der Waals surface area contributed by atoms with Gasteiger partial charge < -0.3 is 14.8 Å². The molecule has 108 valence electrons. The van der Waals surface area contributed by atoms with Crippen molar-refractivity contribution in [2.75, 3.05) is 26.8 Å². The molecule has 1 aliphatic rings. The second kappa shape index (κ2) is 8.13. The minimum absolute atomic E-state index is 0.410. The first-order valence-corrected chi connectivity index (χ1v) is 7.36. The highest BCUT2D eigenvalue weighted by Gasteiger charge is 2.21. The molecule has 0 saturated heterocycles. The molecule has 2 unspecified atom stereocenters. The molecule has 0 spiro atoms. The van der Waals surface area contributed by atoms with Gasteiger partial charge >= 0.3 is 0 Å². The van der Waals surface area contributed by atoms with Crippen LogP contribution in [0.25, 0.3) is 0 Å². The number of rotatable bonds is 7. The Balaban J connectivity index is 1.97. The Kier molecular flexibility index (Phi) is 7.20. The van der Waals surface area contributed by atoms with E-state index in [4.69, 9.17) is 9.47 Å². The summed E-state index contributed by atoms with van der Waals surface area (Å²) in [4.78, 5) is 0. The molecule has 0 aromatic heterocycles. The molecule has 0 bridgehead atoms. The van der Waals surface area contributed by atoms with Gasteiger partial charge in [-0.05, 0) is 44.1 Å². The van der Waals surface area contributed by atoms with Crippen LogP contribution in [-0.4, -0.2) is 39.0 Å². The van der Waals surface area contributed by atoms with Crippen LogP contribution in [0.15, 0.2) is 0 Å². The summed E-state index contributed by atoms with van der Waals surface area (Å²) < 4.78 is 11.3. The van der Waals surface area contributed by atoms with Crippen molar-refractivity contribution in [3.63, 3.8) is 0 Å². The van der Waals surface area contributed by atoms with Gasteiger partial charge in [0.15, 0.2) is 0 Å². The molecular formula is C15H31NO2. The molecule has 0 aromatic carbocycles. The monoisotopic (exact) mass is 257 g/mol. The maximum Gasteiger partial charge on any atom is 0.0600 e. The van der Waals surface area contributed by atoms with E-state index in [1.54, 1.807) is 7.11 Å². The smallest absolute Gasteiger partial charge is 0.0600 e. The van der Waals surface area contributed by atoms with Gasteiger partial charge in [-0.15, -0.1) is 0 Å². The van der Waals surface area contributed by atoms with E-state index in [-0.39, 0.29) is 0 Å². The van der Waals surface area contributed by atoms with Crippen molar-refractivity contribution in [1.29, 1.82) is 0 Å². The van der Waals surface area contributed by atoms with Crippen LogP contribution in [0.5, 0.6) is 0 Å². The number of methoxy groups -OCH3 is 1. The normalized spacial score (nSPS) is 25.3. The lowest BCUT2D eigenvalue weighted by molar-refractivity contribution is -0.0282. The van der Waals surface area contributed by atoms with Crippen LogP contribution in [0, 0.1) is 5.41 Å². The SMILES string of the molecule is COC1CCCC(OCCNCCC(C)(C)C)C1. The van der Waals surface area contributed by atoms with Crippen molar-refractivity contribution in [3.05, 3.63) is 0 Å². The molecule has 0 aliphatic heterocycles. The zero-order chi connectivity index (χ0) is 13.4. The number of nitrogens with one attached hydrogen (secondary N) is 1. The molecule has 1 fully saturated rings. The Morgan fingerprint density at radius 1 is 1.11 bits per heavy atom. The standard InChI is InChI=1S/C15H31NO2/c1-15(2,3)8-9-16-10-11-18-14-7-5-6-13(12-14)17-4/h13-14,16H,5-12H2,1-4H3. The highest BCUT2D eigenvalue weighted by Crippen LogP contribution is 2.22. The largest absolute Gasteiger partial charge is 0.381 e. The summed E-state index contributed by atoms with van der Waals surface area (Å²) >= 11 is 0. The highest BCUT2D eigenvalue weighted by atomic mass is 16.5.